The Bertz CT molecular complexity index is 457. The Balaban J connectivity index is 2.03. The van der Waals surface area contributed by atoms with Gasteiger partial charge in [0.2, 0.25) is 17.2 Å². The first-order valence-electron chi connectivity index (χ1n) is 7.92. The quantitative estimate of drug-likeness (QED) is 0.797. The standard InChI is InChI=1S/C15H26ClN5/c1-4-17-13-19-12(16)20-14(21-13)18-10-15(9-11(2)3)7-5-6-8-15/h11H,4-10H2,1-3H3,(H2,17,18,19,20,21). The molecule has 6 heteroatoms. The largest absolute Gasteiger partial charge is 0.354 e. The molecule has 1 fully saturated rings. The highest BCUT2D eigenvalue weighted by atomic mass is 35.5. The van der Waals surface area contributed by atoms with E-state index < -0.39 is 0 Å². The van der Waals surface area contributed by atoms with Crippen molar-refractivity contribution >= 4 is 23.5 Å². The van der Waals surface area contributed by atoms with E-state index in [1.165, 1.54) is 32.1 Å². The lowest BCUT2D eigenvalue weighted by atomic mass is 9.78. The van der Waals surface area contributed by atoms with Gasteiger partial charge >= 0.3 is 0 Å². The van der Waals surface area contributed by atoms with Crippen LogP contribution in [0, 0.1) is 11.3 Å². The van der Waals surface area contributed by atoms with E-state index in [0.717, 1.165) is 13.1 Å². The highest BCUT2D eigenvalue weighted by Crippen LogP contribution is 2.43. The lowest BCUT2D eigenvalue weighted by molar-refractivity contribution is 0.252. The summed E-state index contributed by atoms with van der Waals surface area (Å²) in [7, 11) is 0. The summed E-state index contributed by atoms with van der Waals surface area (Å²) in [5.41, 5.74) is 0.381. The number of halogens is 1. The van der Waals surface area contributed by atoms with Crippen LogP contribution >= 0.6 is 11.6 Å². The third-order valence-electron chi connectivity index (χ3n) is 4.07. The van der Waals surface area contributed by atoms with E-state index >= 15 is 0 Å². The molecule has 0 unspecified atom stereocenters. The maximum Gasteiger partial charge on any atom is 0.228 e. The third-order valence-corrected chi connectivity index (χ3v) is 4.24. The average molecular weight is 312 g/mol. The minimum absolute atomic E-state index is 0.229. The first-order valence-corrected chi connectivity index (χ1v) is 8.30. The molecule has 0 aliphatic heterocycles. The average Bonchev–Trinajstić information content (AvgIpc) is 2.84. The molecule has 1 heterocycles. The van der Waals surface area contributed by atoms with E-state index in [0.29, 0.717) is 23.2 Å². The summed E-state index contributed by atoms with van der Waals surface area (Å²) >= 11 is 5.96. The molecule has 0 bridgehead atoms. The van der Waals surface area contributed by atoms with Crippen molar-refractivity contribution in [2.45, 2.75) is 52.9 Å². The maximum atomic E-state index is 5.96. The predicted octanol–water partition coefficient (Wildman–Crippen LogP) is 3.98. The molecule has 21 heavy (non-hydrogen) atoms. The molecule has 0 amide bonds. The molecule has 1 aromatic rings. The first-order chi connectivity index (χ1) is 10.0. The number of aromatic nitrogens is 3. The monoisotopic (exact) mass is 311 g/mol. The fraction of sp³-hybridized carbons (Fsp3) is 0.800. The normalized spacial score (nSPS) is 17.2. The molecule has 118 valence electrons. The van der Waals surface area contributed by atoms with Crippen LogP contribution in [0.15, 0.2) is 0 Å². The second-order valence-electron chi connectivity index (χ2n) is 6.44. The van der Waals surface area contributed by atoms with Crippen molar-refractivity contribution in [2.75, 3.05) is 23.7 Å². The van der Waals surface area contributed by atoms with Crippen LogP contribution in [0.3, 0.4) is 0 Å². The van der Waals surface area contributed by atoms with E-state index in [4.69, 9.17) is 11.6 Å². The summed E-state index contributed by atoms with van der Waals surface area (Å²) < 4.78 is 0. The van der Waals surface area contributed by atoms with Gasteiger partial charge in [-0.15, -0.1) is 0 Å². The molecule has 2 N–H and O–H groups in total. The van der Waals surface area contributed by atoms with Gasteiger partial charge in [0.1, 0.15) is 0 Å². The van der Waals surface area contributed by atoms with Crippen LogP contribution in [0.5, 0.6) is 0 Å². The summed E-state index contributed by atoms with van der Waals surface area (Å²) in [6.07, 6.45) is 6.48. The number of hydrogen-bond acceptors (Lipinski definition) is 5. The minimum atomic E-state index is 0.229. The fourth-order valence-corrected chi connectivity index (χ4v) is 3.54. The molecule has 1 saturated carbocycles. The van der Waals surface area contributed by atoms with E-state index in [1.807, 2.05) is 6.92 Å². The van der Waals surface area contributed by atoms with Crippen molar-refractivity contribution in [3.8, 4) is 0 Å². The number of hydrogen-bond donors (Lipinski definition) is 2. The zero-order chi connectivity index (χ0) is 15.3. The van der Waals surface area contributed by atoms with Crippen molar-refractivity contribution in [3.05, 3.63) is 5.28 Å². The maximum absolute atomic E-state index is 5.96. The highest BCUT2D eigenvalue weighted by Gasteiger charge is 2.34. The van der Waals surface area contributed by atoms with Crippen molar-refractivity contribution in [2.24, 2.45) is 11.3 Å². The smallest absolute Gasteiger partial charge is 0.228 e. The molecular weight excluding hydrogens is 286 g/mol. The van der Waals surface area contributed by atoms with E-state index in [1.54, 1.807) is 0 Å². The zero-order valence-electron chi connectivity index (χ0n) is 13.2. The SMILES string of the molecule is CCNc1nc(Cl)nc(NCC2(CC(C)C)CCCC2)n1. The molecule has 1 aliphatic carbocycles. The Kier molecular flexibility index (Phi) is 5.62. The van der Waals surface area contributed by atoms with Crippen molar-refractivity contribution in [1.29, 1.82) is 0 Å². The van der Waals surface area contributed by atoms with Crippen molar-refractivity contribution in [3.63, 3.8) is 0 Å². The highest BCUT2D eigenvalue weighted by molar-refractivity contribution is 6.28. The summed E-state index contributed by atoms with van der Waals surface area (Å²) in [5.74, 6) is 1.81. The van der Waals surface area contributed by atoms with Gasteiger partial charge in [0, 0.05) is 13.1 Å². The lowest BCUT2D eigenvalue weighted by Crippen LogP contribution is -2.29. The van der Waals surface area contributed by atoms with Crippen LogP contribution in [0.2, 0.25) is 5.28 Å². The van der Waals surface area contributed by atoms with Crippen molar-refractivity contribution in [1.82, 2.24) is 15.0 Å². The van der Waals surface area contributed by atoms with Crippen LogP contribution in [-0.4, -0.2) is 28.0 Å². The molecule has 0 saturated heterocycles. The van der Waals surface area contributed by atoms with Gasteiger partial charge in [0.05, 0.1) is 0 Å². The zero-order valence-corrected chi connectivity index (χ0v) is 14.0. The van der Waals surface area contributed by atoms with Gasteiger partial charge in [-0.2, -0.15) is 15.0 Å². The molecule has 0 atom stereocenters. The van der Waals surface area contributed by atoms with Gasteiger partial charge in [-0.3, -0.25) is 0 Å². The van der Waals surface area contributed by atoms with Gasteiger partial charge in [0.15, 0.2) is 0 Å². The predicted molar refractivity (Wildman–Crippen MR) is 87.8 cm³/mol. The number of rotatable bonds is 7. The minimum Gasteiger partial charge on any atom is -0.354 e. The second kappa shape index (κ2) is 7.25. The first kappa shape index (κ1) is 16.3. The summed E-state index contributed by atoms with van der Waals surface area (Å²) in [4.78, 5) is 12.6. The van der Waals surface area contributed by atoms with Crippen LogP contribution in [0.25, 0.3) is 0 Å². The van der Waals surface area contributed by atoms with Crippen molar-refractivity contribution < 1.29 is 0 Å². The van der Waals surface area contributed by atoms with Crippen LogP contribution < -0.4 is 10.6 Å². The molecule has 2 rings (SSSR count). The molecule has 0 spiro atoms. The van der Waals surface area contributed by atoms with Gasteiger partial charge in [-0.1, -0.05) is 26.7 Å². The van der Waals surface area contributed by atoms with Crippen LogP contribution in [0.1, 0.15) is 52.9 Å². The molecule has 1 aliphatic rings. The Labute approximate surface area is 132 Å². The van der Waals surface area contributed by atoms with E-state index in [9.17, 15) is 0 Å². The fourth-order valence-electron chi connectivity index (χ4n) is 3.38. The molecule has 1 aromatic heterocycles. The number of nitrogens with zero attached hydrogens (tertiary/aromatic N) is 3. The van der Waals surface area contributed by atoms with Crippen LogP contribution in [-0.2, 0) is 0 Å². The number of nitrogens with one attached hydrogen (secondary N) is 2. The molecule has 0 aromatic carbocycles. The molecule has 5 nitrogen and oxygen atoms in total. The van der Waals surface area contributed by atoms with Gasteiger partial charge in [-0.25, -0.2) is 0 Å². The Morgan fingerprint density at radius 2 is 1.71 bits per heavy atom. The molecule has 0 radical (unpaired) electrons. The van der Waals surface area contributed by atoms with E-state index in [2.05, 4.69) is 39.4 Å². The molecular formula is C15H26ClN5. The Morgan fingerprint density at radius 3 is 2.29 bits per heavy atom. The summed E-state index contributed by atoms with van der Waals surface area (Å²) in [6, 6.07) is 0. The summed E-state index contributed by atoms with van der Waals surface area (Å²) in [5, 5.41) is 6.69. The second-order valence-corrected chi connectivity index (χ2v) is 6.78. The lowest BCUT2D eigenvalue weighted by Gasteiger charge is -2.31. The van der Waals surface area contributed by atoms with E-state index in [-0.39, 0.29) is 5.28 Å². The van der Waals surface area contributed by atoms with Gasteiger partial charge < -0.3 is 10.6 Å². The number of anilines is 2. The van der Waals surface area contributed by atoms with Gasteiger partial charge in [0.25, 0.3) is 0 Å². The topological polar surface area (TPSA) is 62.7 Å². The Morgan fingerprint density at radius 1 is 1.10 bits per heavy atom. The Hall–Kier alpha value is -1.10. The van der Waals surface area contributed by atoms with Gasteiger partial charge in [-0.05, 0) is 49.1 Å². The van der Waals surface area contributed by atoms with Crippen LogP contribution in [0.4, 0.5) is 11.9 Å². The summed E-state index contributed by atoms with van der Waals surface area (Å²) in [6.45, 7) is 8.27. The third kappa shape index (κ3) is 4.70.